The summed E-state index contributed by atoms with van der Waals surface area (Å²) < 4.78 is 0. The fourth-order valence-electron chi connectivity index (χ4n) is 2.91. The molecule has 2 heteroatoms. The maximum atomic E-state index is 4.07. The highest BCUT2D eigenvalue weighted by molar-refractivity contribution is 5.68. The van der Waals surface area contributed by atoms with Crippen LogP contribution in [0.1, 0.15) is 12.0 Å². The molecule has 0 amide bonds. The zero-order chi connectivity index (χ0) is 10.3. The van der Waals surface area contributed by atoms with Gasteiger partial charge >= 0.3 is 0 Å². The Kier molecular flexibility index (Phi) is 2.10. The van der Waals surface area contributed by atoms with E-state index in [9.17, 15) is 0 Å². The van der Waals surface area contributed by atoms with Crippen molar-refractivity contribution >= 4 is 5.57 Å². The maximum absolute atomic E-state index is 4.07. The minimum absolute atomic E-state index is 0.790. The van der Waals surface area contributed by atoms with Crippen LogP contribution >= 0.6 is 0 Å². The summed E-state index contributed by atoms with van der Waals surface area (Å²) in [5.41, 5.74) is 2.89. The summed E-state index contributed by atoms with van der Waals surface area (Å²) in [6.07, 6.45) is 7.50. The van der Waals surface area contributed by atoms with Gasteiger partial charge in [0.25, 0.3) is 0 Å². The van der Waals surface area contributed by atoms with Gasteiger partial charge in [0.15, 0.2) is 0 Å². The number of allylic oxidation sites excluding steroid dienone is 1. The van der Waals surface area contributed by atoms with Crippen molar-refractivity contribution in [2.24, 2.45) is 11.8 Å². The molecule has 1 aliphatic carbocycles. The molecule has 3 rings (SSSR count). The highest BCUT2D eigenvalue weighted by Crippen LogP contribution is 2.40. The first-order valence-corrected chi connectivity index (χ1v) is 5.62. The van der Waals surface area contributed by atoms with Gasteiger partial charge in [-0.1, -0.05) is 6.08 Å². The molecule has 15 heavy (non-hydrogen) atoms. The second-order valence-corrected chi connectivity index (χ2v) is 4.78. The minimum atomic E-state index is 0.790. The Labute approximate surface area is 90.6 Å². The van der Waals surface area contributed by atoms with E-state index in [-0.39, 0.29) is 0 Å². The Morgan fingerprint density at radius 2 is 2.07 bits per heavy atom. The van der Waals surface area contributed by atoms with Gasteiger partial charge in [-0.2, -0.15) is 0 Å². The number of hydrogen-bond acceptors (Lipinski definition) is 2. The average molecular weight is 200 g/mol. The molecule has 1 aliphatic heterocycles. The van der Waals surface area contributed by atoms with Crippen LogP contribution in [0, 0.1) is 11.8 Å². The van der Waals surface area contributed by atoms with Crippen LogP contribution in [0.25, 0.3) is 5.57 Å². The summed E-state index contributed by atoms with van der Waals surface area (Å²) in [6.45, 7) is 2.50. The predicted molar refractivity (Wildman–Crippen MR) is 61.3 cm³/mol. The third kappa shape index (κ3) is 1.59. The van der Waals surface area contributed by atoms with Crippen LogP contribution in [-0.4, -0.2) is 30.0 Å². The number of likely N-dealkylation sites (tertiary alicyclic amines) is 1. The monoisotopic (exact) mass is 200 g/mol. The van der Waals surface area contributed by atoms with Gasteiger partial charge in [-0.15, -0.1) is 0 Å². The third-order valence-corrected chi connectivity index (χ3v) is 3.62. The van der Waals surface area contributed by atoms with Crippen molar-refractivity contribution in [3.63, 3.8) is 0 Å². The standard InChI is InChI=1S/C13H16N2/c1-15-8-12-6-11(7-13(12)9-15)10-2-4-14-5-3-10/h2-6,12-13H,7-9H2,1H3. The Hall–Kier alpha value is -1.15. The lowest BCUT2D eigenvalue weighted by Gasteiger charge is -2.09. The Balaban J connectivity index is 1.84. The Morgan fingerprint density at radius 3 is 2.80 bits per heavy atom. The number of aromatic nitrogens is 1. The Morgan fingerprint density at radius 1 is 1.27 bits per heavy atom. The maximum Gasteiger partial charge on any atom is 0.0273 e. The van der Waals surface area contributed by atoms with E-state index in [1.807, 2.05) is 12.4 Å². The summed E-state index contributed by atoms with van der Waals surface area (Å²) in [7, 11) is 2.22. The summed E-state index contributed by atoms with van der Waals surface area (Å²) in [5.74, 6) is 1.65. The lowest BCUT2D eigenvalue weighted by Crippen LogP contribution is -2.14. The molecule has 1 saturated heterocycles. The van der Waals surface area contributed by atoms with Crippen molar-refractivity contribution in [2.75, 3.05) is 20.1 Å². The summed E-state index contributed by atoms with van der Waals surface area (Å²) in [4.78, 5) is 6.51. The first-order chi connectivity index (χ1) is 7.33. The van der Waals surface area contributed by atoms with Gasteiger partial charge in [-0.25, -0.2) is 0 Å². The van der Waals surface area contributed by atoms with Crippen LogP contribution in [0.2, 0.25) is 0 Å². The first kappa shape index (κ1) is 9.10. The molecule has 2 unspecified atom stereocenters. The second kappa shape index (κ2) is 3.46. The molecule has 1 fully saturated rings. The normalized spacial score (nSPS) is 30.3. The molecule has 2 aliphatic rings. The highest BCUT2D eigenvalue weighted by Gasteiger charge is 2.34. The number of rotatable bonds is 1. The largest absolute Gasteiger partial charge is 0.305 e. The smallest absolute Gasteiger partial charge is 0.0273 e. The van der Waals surface area contributed by atoms with Crippen LogP contribution in [0.5, 0.6) is 0 Å². The second-order valence-electron chi connectivity index (χ2n) is 4.78. The van der Waals surface area contributed by atoms with E-state index in [4.69, 9.17) is 0 Å². The van der Waals surface area contributed by atoms with E-state index in [1.54, 1.807) is 0 Å². The van der Waals surface area contributed by atoms with Crippen molar-refractivity contribution in [3.05, 3.63) is 36.2 Å². The molecule has 1 aromatic rings. The molecule has 0 spiro atoms. The number of fused-ring (bicyclic) bond motifs is 1. The number of nitrogens with zero attached hydrogens (tertiary/aromatic N) is 2. The van der Waals surface area contributed by atoms with Crippen molar-refractivity contribution in [3.8, 4) is 0 Å². The third-order valence-electron chi connectivity index (χ3n) is 3.62. The van der Waals surface area contributed by atoms with Gasteiger partial charge in [0, 0.05) is 25.5 Å². The van der Waals surface area contributed by atoms with Crippen molar-refractivity contribution < 1.29 is 0 Å². The molecule has 0 N–H and O–H groups in total. The summed E-state index contributed by atoms with van der Waals surface area (Å²) in [5, 5.41) is 0. The summed E-state index contributed by atoms with van der Waals surface area (Å²) in [6, 6.07) is 4.24. The molecule has 78 valence electrons. The molecular weight excluding hydrogens is 184 g/mol. The molecular formula is C13H16N2. The van der Waals surface area contributed by atoms with E-state index in [0.717, 1.165) is 11.8 Å². The molecule has 0 aromatic carbocycles. The Bertz CT molecular complexity index is 383. The van der Waals surface area contributed by atoms with Crippen LogP contribution in [0.4, 0.5) is 0 Å². The molecule has 1 aromatic heterocycles. The van der Waals surface area contributed by atoms with E-state index >= 15 is 0 Å². The summed E-state index contributed by atoms with van der Waals surface area (Å²) >= 11 is 0. The fraction of sp³-hybridized carbons (Fsp3) is 0.462. The first-order valence-electron chi connectivity index (χ1n) is 5.62. The lowest BCUT2D eigenvalue weighted by atomic mass is 9.99. The zero-order valence-electron chi connectivity index (χ0n) is 9.06. The molecule has 0 bridgehead atoms. The molecule has 0 radical (unpaired) electrons. The topological polar surface area (TPSA) is 16.1 Å². The molecule has 2 atom stereocenters. The van der Waals surface area contributed by atoms with Gasteiger partial charge < -0.3 is 4.90 Å². The highest BCUT2D eigenvalue weighted by atomic mass is 15.1. The quantitative estimate of drug-likeness (QED) is 0.689. The van der Waals surface area contributed by atoms with Crippen molar-refractivity contribution in [1.82, 2.24) is 9.88 Å². The predicted octanol–water partition coefficient (Wildman–Crippen LogP) is 2.05. The molecule has 2 heterocycles. The minimum Gasteiger partial charge on any atom is -0.305 e. The van der Waals surface area contributed by atoms with Gasteiger partial charge in [0.05, 0.1) is 0 Å². The fourth-order valence-corrected chi connectivity index (χ4v) is 2.91. The van der Waals surface area contributed by atoms with E-state index in [0.29, 0.717) is 0 Å². The van der Waals surface area contributed by atoms with Crippen molar-refractivity contribution in [2.45, 2.75) is 6.42 Å². The van der Waals surface area contributed by atoms with E-state index in [1.165, 1.54) is 30.6 Å². The van der Waals surface area contributed by atoms with Crippen LogP contribution < -0.4 is 0 Å². The van der Waals surface area contributed by atoms with Crippen molar-refractivity contribution in [1.29, 1.82) is 0 Å². The van der Waals surface area contributed by atoms with Gasteiger partial charge in [0.1, 0.15) is 0 Å². The average Bonchev–Trinajstić information content (AvgIpc) is 2.76. The van der Waals surface area contributed by atoms with Crippen LogP contribution in [0.15, 0.2) is 30.6 Å². The van der Waals surface area contributed by atoms with Gasteiger partial charge in [0.2, 0.25) is 0 Å². The SMILES string of the molecule is CN1CC2C=C(c3ccncc3)CC2C1. The molecule has 2 nitrogen and oxygen atoms in total. The van der Waals surface area contributed by atoms with Crippen LogP contribution in [0.3, 0.4) is 0 Å². The zero-order valence-corrected chi connectivity index (χ0v) is 9.06. The lowest BCUT2D eigenvalue weighted by molar-refractivity contribution is 0.395. The van der Waals surface area contributed by atoms with Crippen LogP contribution in [-0.2, 0) is 0 Å². The number of pyridine rings is 1. The van der Waals surface area contributed by atoms with Gasteiger partial charge in [-0.3, -0.25) is 4.98 Å². The number of hydrogen-bond donors (Lipinski definition) is 0. The van der Waals surface area contributed by atoms with E-state index < -0.39 is 0 Å². The molecule has 0 saturated carbocycles. The van der Waals surface area contributed by atoms with E-state index in [2.05, 4.69) is 35.1 Å². The van der Waals surface area contributed by atoms with Gasteiger partial charge in [-0.05, 0) is 48.6 Å².